The van der Waals surface area contributed by atoms with Gasteiger partial charge in [-0.05, 0) is 25.1 Å². The van der Waals surface area contributed by atoms with Gasteiger partial charge >= 0.3 is 0 Å². The molecule has 0 radical (unpaired) electrons. The summed E-state index contributed by atoms with van der Waals surface area (Å²) in [7, 11) is 1.66. The van der Waals surface area contributed by atoms with Crippen molar-refractivity contribution < 1.29 is 14.3 Å². The molecule has 0 fully saturated rings. The highest BCUT2D eigenvalue weighted by Crippen LogP contribution is 2.19. The molecular formula is C15H17NO3. The summed E-state index contributed by atoms with van der Waals surface area (Å²) in [5, 5.41) is 10.0. The summed E-state index contributed by atoms with van der Waals surface area (Å²) in [5.74, 6) is 0.474. The molecule has 0 spiro atoms. The van der Waals surface area contributed by atoms with Gasteiger partial charge in [-0.15, -0.1) is 0 Å². The summed E-state index contributed by atoms with van der Waals surface area (Å²) in [5.41, 5.74) is 0.798. The highest BCUT2D eigenvalue weighted by molar-refractivity contribution is 5.92. The van der Waals surface area contributed by atoms with Crippen molar-refractivity contribution in [2.75, 3.05) is 13.7 Å². The fourth-order valence-electron chi connectivity index (χ4n) is 1.70. The number of aliphatic hydroxyl groups excluding tert-OH is 1. The summed E-state index contributed by atoms with van der Waals surface area (Å²) >= 11 is 0. The maximum atomic E-state index is 11.8. The minimum atomic E-state index is -0.201. The second-order valence-electron chi connectivity index (χ2n) is 4.50. The lowest BCUT2D eigenvalue weighted by Gasteiger charge is -2.21. The van der Waals surface area contributed by atoms with Gasteiger partial charge in [0.2, 0.25) is 5.91 Å². The quantitative estimate of drug-likeness (QED) is 0.857. The Morgan fingerprint density at radius 3 is 2.89 bits per heavy atom. The normalized spacial score (nSPS) is 13.0. The molecule has 1 aromatic heterocycles. The minimum Gasteiger partial charge on any atom is -0.457 e. The van der Waals surface area contributed by atoms with E-state index < -0.39 is 0 Å². The number of carbonyl (C=O) groups excluding carboxylic acids is 1. The Kier molecular flexibility index (Phi) is 4.02. The molecule has 0 aliphatic carbocycles. The number of nitrogens with zero attached hydrogens (tertiary/aromatic N) is 1. The lowest BCUT2D eigenvalue weighted by Crippen LogP contribution is -2.36. The Morgan fingerprint density at radius 1 is 1.47 bits per heavy atom. The third-order valence-electron chi connectivity index (χ3n) is 3.11. The maximum Gasteiger partial charge on any atom is 0.246 e. The van der Waals surface area contributed by atoms with Crippen LogP contribution in [0.25, 0.3) is 17.0 Å². The van der Waals surface area contributed by atoms with Crippen molar-refractivity contribution in [2.24, 2.45) is 0 Å². The number of aliphatic hydroxyl groups is 1. The summed E-state index contributed by atoms with van der Waals surface area (Å²) in [4.78, 5) is 13.3. The van der Waals surface area contributed by atoms with E-state index in [2.05, 4.69) is 0 Å². The molecular weight excluding hydrogens is 242 g/mol. The topological polar surface area (TPSA) is 53.7 Å². The first-order chi connectivity index (χ1) is 9.11. The average molecular weight is 259 g/mol. The number of hydrogen-bond acceptors (Lipinski definition) is 3. The zero-order chi connectivity index (χ0) is 13.8. The molecule has 4 heteroatoms. The smallest absolute Gasteiger partial charge is 0.246 e. The second kappa shape index (κ2) is 5.71. The first kappa shape index (κ1) is 13.4. The van der Waals surface area contributed by atoms with E-state index in [4.69, 9.17) is 9.52 Å². The predicted octanol–water partition coefficient (Wildman–Crippen LogP) is 2.29. The van der Waals surface area contributed by atoms with Gasteiger partial charge < -0.3 is 14.4 Å². The van der Waals surface area contributed by atoms with Crippen molar-refractivity contribution in [3.05, 3.63) is 42.2 Å². The van der Waals surface area contributed by atoms with E-state index in [0.717, 1.165) is 11.0 Å². The lowest BCUT2D eigenvalue weighted by atomic mass is 10.2. The Balaban J connectivity index is 2.11. The molecule has 0 aliphatic heterocycles. The maximum absolute atomic E-state index is 11.8. The van der Waals surface area contributed by atoms with Crippen molar-refractivity contribution in [3.63, 3.8) is 0 Å². The molecule has 0 aliphatic rings. The van der Waals surface area contributed by atoms with Gasteiger partial charge in [0.05, 0.1) is 12.6 Å². The van der Waals surface area contributed by atoms with Crippen LogP contribution < -0.4 is 0 Å². The number of rotatable bonds is 4. The van der Waals surface area contributed by atoms with Crippen LogP contribution in [-0.2, 0) is 4.79 Å². The number of para-hydroxylation sites is 1. The van der Waals surface area contributed by atoms with Crippen molar-refractivity contribution in [2.45, 2.75) is 13.0 Å². The van der Waals surface area contributed by atoms with Gasteiger partial charge in [-0.1, -0.05) is 18.2 Å². The third-order valence-corrected chi connectivity index (χ3v) is 3.11. The summed E-state index contributed by atoms with van der Waals surface area (Å²) in [6, 6.07) is 9.36. The van der Waals surface area contributed by atoms with Crippen LogP contribution in [0.4, 0.5) is 0 Å². The molecule has 2 aromatic rings. The van der Waals surface area contributed by atoms with Gasteiger partial charge in [-0.2, -0.15) is 0 Å². The van der Waals surface area contributed by atoms with Crippen LogP contribution in [0.1, 0.15) is 12.7 Å². The molecule has 1 unspecified atom stereocenters. The first-order valence-electron chi connectivity index (χ1n) is 6.16. The number of furan rings is 1. The highest BCUT2D eigenvalue weighted by Gasteiger charge is 2.12. The zero-order valence-electron chi connectivity index (χ0n) is 11.0. The summed E-state index contributed by atoms with van der Waals surface area (Å²) < 4.78 is 5.58. The third kappa shape index (κ3) is 3.03. The largest absolute Gasteiger partial charge is 0.457 e. The van der Waals surface area contributed by atoms with Gasteiger partial charge in [0.25, 0.3) is 0 Å². The molecule has 0 saturated heterocycles. The van der Waals surface area contributed by atoms with Crippen molar-refractivity contribution in [1.29, 1.82) is 0 Å². The van der Waals surface area contributed by atoms with E-state index in [-0.39, 0.29) is 18.6 Å². The number of benzene rings is 1. The lowest BCUT2D eigenvalue weighted by molar-refractivity contribution is -0.127. The monoisotopic (exact) mass is 259 g/mol. The van der Waals surface area contributed by atoms with E-state index in [1.165, 1.54) is 11.0 Å². The van der Waals surface area contributed by atoms with Crippen LogP contribution in [-0.4, -0.2) is 35.6 Å². The van der Waals surface area contributed by atoms with E-state index in [1.54, 1.807) is 20.0 Å². The molecule has 100 valence electrons. The van der Waals surface area contributed by atoms with Crippen LogP contribution in [0.3, 0.4) is 0 Å². The molecule has 1 amide bonds. The van der Waals surface area contributed by atoms with Crippen LogP contribution in [0.15, 0.2) is 40.8 Å². The van der Waals surface area contributed by atoms with Crippen molar-refractivity contribution in [1.82, 2.24) is 4.90 Å². The molecule has 1 heterocycles. The van der Waals surface area contributed by atoms with Gasteiger partial charge in [0, 0.05) is 18.5 Å². The number of fused-ring (bicyclic) bond motifs is 1. The summed E-state index contributed by atoms with van der Waals surface area (Å²) in [6.45, 7) is 1.73. The Bertz CT molecular complexity index is 567. The Labute approximate surface area is 111 Å². The molecule has 4 nitrogen and oxygen atoms in total. The number of carbonyl (C=O) groups is 1. The van der Waals surface area contributed by atoms with Gasteiger partial charge in [0.1, 0.15) is 11.3 Å². The fraction of sp³-hybridized carbons (Fsp3) is 0.267. The van der Waals surface area contributed by atoms with E-state index >= 15 is 0 Å². The fourth-order valence-corrected chi connectivity index (χ4v) is 1.70. The number of likely N-dealkylation sites (N-methyl/N-ethyl adjacent to an activating group) is 1. The zero-order valence-corrected chi connectivity index (χ0v) is 11.0. The second-order valence-corrected chi connectivity index (χ2v) is 4.50. The van der Waals surface area contributed by atoms with Gasteiger partial charge in [0.15, 0.2) is 0 Å². The average Bonchev–Trinajstić information content (AvgIpc) is 2.85. The van der Waals surface area contributed by atoms with Gasteiger partial charge in [-0.3, -0.25) is 4.79 Å². The molecule has 1 aromatic carbocycles. The molecule has 1 N–H and O–H groups in total. The minimum absolute atomic E-state index is 0.0548. The van der Waals surface area contributed by atoms with Crippen LogP contribution in [0, 0.1) is 0 Å². The van der Waals surface area contributed by atoms with Gasteiger partial charge in [-0.25, -0.2) is 0 Å². The molecule has 0 bridgehead atoms. The number of hydrogen-bond donors (Lipinski definition) is 1. The SMILES string of the molecule is CC(CO)N(C)C(=O)/C=C/c1cc2ccccc2o1. The summed E-state index contributed by atoms with van der Waals surface area (Å²) in [6.07, 6.45) is 3.09. The first-order valence-corrected chi connectivity index (χ1v) is 6.16. The standard InChI is InChI=1S/C15H17NO3/c1-11(10-17)16(2)15(18)8-7-13-9-12-5-3-4-6-14(12)19-13/h3-9,11,17H,10H2,1-2H3/b8-7+. The Hall–Kier alpha value is -2.07. The number of amides is 1. The van der Waals surface area contributed by atoms with Crippen molar-refractivity contribution >= 4 is 23.0 Å². The Morgan fingerprint density at radius 2 is 2.21 bits per heavy atom. The van der Waals surface area contributed by atoms with E-state index in [9.17, 15) is 4.79 Å². The van der Waals surface area contributed by atoms with E-state index in [1.807, 2.05) is 30.3 Å². The van der Waals surface area contributed by atoms with Crippen molar-refractivity contribution in [3.8, 4) is 0 Å². The molecule has 19 heavy (non-hydrogen) atoms. The van der Waals surface area contributed by atoms with E-state index in [0.29, 0.717) is 5.76 Å². The van der Waals surface area contributed by atoms with Crippen LogP contribution >= 0.6 is 0 Å². The molecule has 0 saturated carbocycles. The van der Waals surface area contributed by atoms with Crippen LogP contribution in [0.2, 0.25) is 0 Å². The predicted molar refractivity (Wildman–Crippen MR) is 74.6 cm³/mol. The van der Waals surface area contributed by atoms with Crippen LogP contribution in [0.5, 0.6) is 0 Å². The molecule has 2 rings (SSSR count). The highest BCUT2D eigenvalue weighted by atomic mass is 16.3. The molecule has 1 atom stereocenters.